The second-order valence-corrected chi connectivity index (χ2v) is 5.02. The van der Waals surface area contributed by atoms with Crippen molar-refractivity contribution in [2.45, 2.75) is 0 Å². The minimum absolute atomic E-state index is 0.406. The molecule has 0 fully saturated rings. The highest BCUT2D eigenvalue weighted by atomic mass is 79.9. The fourth-order valence-electron chi connectivity index (χ4n) is 1.47. The maximum Gasteiger partial charge on any atom is 0.379 e. The Morgan fingerprint density at radius 3 is 1.19 bits per heavy atom. The summed E-state index contributed by atoms with van der Waals surface area (Å²) < 4.78 is 15.3. The molecule has 7 heteroatoms. The molecule has 0 unspecified atom stereocenters. The lowest BCUT2D eigenvalue weighted by molar-refractivity contribution is 0.227. The number of hydrogen-bond acceptors (Lipinski definition) is 5. The van der Waals surface area contributed by atoms with Crippen LogP contribution in [0.15, 0.2) is 48.5 Å². The topological polar surface area (TPSA) is 61.8 Å². The lowest BCUT2D eigenvalue weighted by atomic mass is 10.3. The van der Waals surface area contributed by atoms with Gasteiger partial charge in [0.05, 0.1) is 0 Å². The highest BCUT2D eigenvalue weighted by Crippen LogP contribution is 2.26. The smallest absolute Gasteiger partial charge is 0.379 e. The SMILES string of the molecule is O=C(Br)Oc1ccc(Oc2ccc(OC(=O)Br)cc2)cc1. The summed E-state index contributed by atoms with van der Waals surface area (Å²) in [5.41, 5.74) is 0. The molecule has 0 aromatic heterocycles. The van der Waals surface area contributed by atoms with E-state index in [0.29, 0.717) is 23.0 Å². The van der Waals surface area contributed by atoms with E-state index in [-0.39, 0.29) is 0 Å². The number of halogens is 2. The minimum Gasteiger partial charge on any atom is -0.457 e. The molecule has 2 aromatic carbocycles. The first-order valence-corrected chi connectivity index (χ1v) is 7.24. The average molecular weight is 416 g/mol. The first kappa shape index (κ1) is 15.5. The number of carbonyl (C=O) groups is 2. The summed E-state index contributed by atoms with van der Waals surface area (Å²) in [4.78, 5) is 20.3. The minimum atomic E-state index is -0.562. The zero-order valence-electron chi connectivity index (χ0n) is 10.4. The third kappa shape index (κ3) is 5.20. The summed E-state index contributed by atoms with van der Waals surface area (Å²) in [6.45, 7) is 0. The van der Waals surface area contributed by atoms with Crippen molar-refractivity contribution < 1.29 is 23.8 Å². The van der Waals surface area contributed by atoms with Gasteiger partial charge in [0.2, 0.25) is 0 Å². The molecular weight excluding hydrogens is 408 g/mol. The summed E-state index contributed by atoms with van der Waals surface area (Å²) in [5.74, 6) is 1.97. The van der Waals surface area contributed by atoms with E-state index in [1.807, 2.05) is 0 Å². The summed E-state index contributed by atoms with van der Waals surface area (Å²) in [6.07, 6.45) is 0. The first-order valence-electron chi connectivity index (χ1n) is 5.65. The molecule has 0 N–H and O–H groups in total. The molecule has 5 nitrogen and oxygen atoms in total. The van der Waals surface area contributed by atoms with Crippen molar-refractivity contribution in [2.24, 2.45) is 0 Å². The van der Waals surface area contributed by atoms with Crippen LogP contribution >= 0.6 is 31.9 Å². The van der Waals surface area contributed by atoms with Crippen molar-refractivity contribution in [1.29, 1.82) is 0 Å². The van der Waals surface area contributed by atoms with Crippen LogP contribution in [0.3, 0.4) is 0 Å². The second-order valence-electron chi connectivity index (χ2n) is 3.72. The highest BCUT2D eigenvalue weighted by Gasteiger charge is 2.03. The molecule has 21 heavy (non-hydrogen) atoms. The molecular formula is C14H8Br2O5. The van der Waals surface area contributed by atoms with Gasteiger partial charge in [0.15, 0.2) is 0 Å². The Labute approximate surface area is 137 Å². The van der Waals surface area contributed by atoms with Crippen molar-refractivity contribution in [3.05, 3.63) is 48.5 Å². The summed E-state index contributed by atoms with van der Waals surface area (Å²) in [6, 6.07) is 13.1. The molecule has 0 amide bonds. The van der Waals surface area contributed by atoms with Gasteiger partial charge >= 0.3 is 9.76 Å². The monoisotopic (exact) mass is 414 g/mol. The normalized spacial score (nSPS) is 9.81. The van der Waals surface area contributed by atoms with Crippen LogP contribution in [0.5, 0.6) is 23.0 Å². The van der Waals surface area contributed by atoms with Gasteiger partial charge in [-0.25, -0.2) is 9.59 Å². The molecule has 2 aromatic rings. The van der Waals surface area contributed by atoms with Crippen molar-refractivity contribution in [2.75, 3.05) is 0 Å². The Bertz CT molecular complexity index is 580. The fraction of sp³-hybridized carbons (Fsp3) is 0. The number of benzene rings is 2. The molecule has 0 aliphatic heterocycles. The second kappa shape index (κ2) is 7.24. The van der Waals surface area contributed by atoms with E-state index in [0.717, 1.165) is 0 Å². The molecule has 2 rings (SSSR count). The maximum atomic E-state index is 10.7. The van der Waals surface area contributed by atoms with E-state index in [9.17, 15) is 9.59 Å². The molecule has 0 saturated carbocycles. The van der Waals surface area contributed by atoms with Crippen molar-refractivity contribution >= 4 is 41.6 Å². The van der Waals surface area contributed by atoms with Crippen LogP contribution in [0.4, 0.5) is 9.59 Å². The van der Waals surface area contributed by atoms with Crippen molar-refractivity contribution in [3.63, 3.8) is 0 Å². The number of hydrogen-bond donors (Lipinski definition) is 0. The van der Waals surface area contributed by atoms with E-state index < -0.39 is 9.76 Å². The number of carbonyl (C=O) groups excluding carboxylic acids is 2. The van der Waals surface area contributed by atoms with Gasteiger partial charge in [-0.1, -0.05) is 0 Å². The predicted octanol–water partition coefficient (Wildman–Crippen LogP) is 5.27. The van der Waals surface area contributed by atoms with E-state index in [1.165, 1.54) is 0 Å². The van der Waals surface area contributed by atoms with Crippen LogP contribution in [0.25, 0.3) is 0 Å². The lowest BCUT2D eigenvalue weighted by Gasteiger charge is -2.07. The Balaban J connectivity index is 2.01. The Morgan fingerprint density at radius 1 is 0.619 bits per heavy atom. The predicted molar refractivity (Wildman–Crippen MR) is 82.9 cm³/mol. The van der Waals surface area contributed by atoms with Crippen molar-refractivity contribution in [3.8, 4) is 23.0 Å². The molecule has 0 atom stereocenters. The molecule has 0 saturated heterocycles. The number of rotatable bonds is 4. The third-order valence-electron chi connectivity index (χ3n) is 2.28. The third-order valence-corrected chi connectivity index (χ3v) is 2.60. The van der Waals surface area contributed by atoms with Crippen LogP contribution in [0.1, 0.15) is 0 Å². The van der Waals surface area contributed by atoms with Crippen LogP contribution in [-0.4, -0.2) is 9.76 Å². The van der Waals surface area contributed by atoms with Crippen LogP contribution in [0.2, 0.25) is 0 Å². The maximum absolute atomic E-state index is 10.7. The standard InChI is InChI=1S/C14H8Br2O5/c15-13(17)20-11-5-1-9(2-6-11)19-10-3-7-12(8-4-10)21-14(16)18/h1-8H. The quantitative estimate of drug-likeness (QED) is 0.636. The molecule has 0 aliphatic carbocycles. The highest BCUT2D eigenvalue weighted by molar-refractivity contribution is 9.18. The Kier molecular flexibility index (Phi) is 5.35. The van der Waals surface area contributed by atoms with E-state index in [2.05, 4.69) is 31.9 Å². The fourth-order valence-corrected chi connectivity index (χ4v) is 1.85. The van der Waals surface area contributed by atoms with Gasteiger partial charge in [0, 0.05) is 31.9 Å². The summed E-state index contributed by atoms with van der Waals surface area (Å²) in [7, 11) is 0. The first-order chi connectivity index (χ1) is 10.0. The number of ether oxygens (including phenoxy) is 3. The lowest BCUT2D eigenvalue weighted by Crippen LogP contribution is -1.95. The molecule has 108 valence electrons. The Morgan fingerprint density at radius 2 is 0.905 bits per heavy atom. The van der Waals surface area contributed by atoms with E-state index in [4.69, 9.17) is 14.2 Å². The zero-order chi connectivity index (χ0) is 15.2. The van der Waals surface area contributed by atoms with Gasteiger partial charge in [0.1, 0.15) is 23.0 Å². The average Bonchev–Trinajstić information content (AvgIpc) is 2.42. The molecule has 0 radical (unpaired) electrons. The van der Waals surface area contributed by atoms with E-state index >= 15 is 0 Å². The zero-order valence-corrected chi connectivity index (χ0v) is 13.6. The summed E-state index contributed by atoms with van der Waals surface area (Å²) in [5, 5.41) is 0. The van der Waals surface area contributed by atoms with Gasteiger partial charge in [-0.3, -0.25) is 0 Å². The van der Waals surface area contributed by atoms with Gasteiger partial charge in [-0.05, 0) is 48.5 Å². The van der Waals surface area contributed by atoms with Crippen LogP contribution < -0.4 is 14.2 Å². The molecule has 0 spiro atoms. The van der Waals surface area contributed by atoms with Gasteiger partial charge in [-0.2, -0.15) is 0 Å². The van der Waals surface area contributed by atoms with Crippen LogP contribution in [0, 0.1) is 0 Å². The summed E-state index contributed by atoms with van der Waals surface area (Å²) >= 11 is 5.35. The molecule has 0 aliphatic rings. The van der Waals surface area contributed by atoms with Crippen LogP contribution in [-0.2, 0) is 0 Å². The largest absolute Gasteiger partial charge is 0.457 e. The van der Waals surface area contributed by atoms with Gasteiger partial charge < -0.3 is 14.2 Å². The Hall–Kier alpha value is -1.86. The van der Waals surface area contributed by atoms with E-state index in [1.54, 1.807) is 48.5 Å². The van der Waals surface area contributed by atoms with Crippen molar-refractivity contribution in [1.82, 2.24) is 0 Å². The van der Waals surface area contributed by atoms with Gasteiger partial charge in [-0.15, -0.1) is 0 Å². The molecule has 0 heterocycles. The van der Waals surface area contributed by atoms with Gasteiger partial charge in [0.25, 0.3) is 0 Å². The molecule has 0 bridgehead atoms.